The van der Waals surface area contributed by atoms with Crippen LogP contribution in [0.1, 0.15) is 36.2 Å². The predicted octanol–water partition coefficient (Wildman–Crippen LogP) is 3.96. The average molecular weight is 288 g/mol. The van der Waals surface area contributed by atoms with Crippen molar-refractivity contribution in [2.24, 2.45) is 5.92 Å². The number of hydrogen-bond donors (Lipinski definition) is 0. The van der Waals surface area contributed by atoms with Crippen molar-refractivity contribution in [2.45, 2.75) is 33.7 Å². The van der Waals surface area contributed by atoms with E-state index in [9.17, 15) is 5.26 Å². The second-order valence-corrected chi connectivity index (χ2v) is 5.82. The molecule has 0 saturated heterocycles. The highest BCUT2D eigenvalue weighted by atomic mass is 35.5. The Morgan fingerprint density at radius 2 is 1.95 bits per heavy atom. The minimum atomic E-state index is 0.434. The normalized spacial score (nSPS) is 10.8. The molecular weight excluding hydrogens is 270 g/mol. The van der Waals surface area contributed by atoms with Gasteiger partial charge in [0.1, 0.15) is 16.8 Å². The summed E-state index contributed by atoms with van der Waals surface area (Å²) in [6.07, 6.45) is 0.767. The molecule has 0 spiro atoms. The molecule has 1 heterocycles. The number of halogens is 1. The summed E-state index contributed by atoms with van der Waals surface area (Å²) in [7, 11) is 0. The predicted molar refractivity (Wildman–Crippen MR) is 80.8 cm³/mol. The van der Waals surface area contributed by atoms with Crippen LogP contribution in [0, 0.1) is 24.2 Å². The molecule has 0 unspecified atom stereocenters. The fraction of sp³-hybridized carbons (Fsp3) is 0.375. The molecule has 2 aromatic rings. The Kier molecular flexibility index (Phi) is 4.46. The molecule has 0 N–H and O–H groups in total. The quantitative estimate of drug-likeness (QED) is 0.854. The third kappa shape index (κ3) is 3.20. The van der Waals surface area contributed by atoms with E-state index in [1.807, 2.05) is 0 Å². The van der Waals surface area contributed by atoms with Gasteiger partial charge in [-0.25, -0.2) is 4.68 Å². The van der Waals surface area contributed by atoms with E-state index in [0.29, 0.717) is 23.2 Å². The van der Waals surface area contributed by atoms with E-state index < -0.39 is 0 Å². The van der Waals surface area contributed by atoms with E-state index in [0.717, 1.165) is 17.7 Å². The smallest absolute Gasteiger partial charge is 0.145 e. The molecular formula is C16H18ClN3. The van der Waals surface area contributed by atoms with Gasteiger partial charge in [-0.05, 0) is 24.8 Å². The van der Waals surface area contributed by atoms with Crippen LogP contribution in [0.3, 0.4) is 0 Å². The van der Waals surface area contributed by atoms with Gasteiger partial charge in [0.25, 0.3) is 0 Å². The zero-order valence-corrected chi connectivity index (χ0v) is 12.8. The van der Waals surface area contributed by atoms with E-state index in [2.05, 4.69) is 56.2 Å². The Hall–Kier alpha value is -1.79. The summed E-state index contributed by atoms with van der Waals surface area (Å²) in [5.74, 6) is 0.445. The molecule has 3 nitrogen and oxygen atoms in total. The van der Waals surface area contributed by atoms with Crippen molar-refractivity contribution in [3.05, 3.63) is 51.8 Å². The maximum Gasteiger partial charge on any atom is 0.145 e. The number of nitrogens with zero attached hydrogens (tertiary/aromatic N) is 3. The maximum atomic E-state index is 9.24. The molecule has 0 saturated carbocycles. The summed E-state index contributed by atoms with van der Waals surface area (Å²) in [6, 6.07) is 10.4. The largest absolute Gasteiger partial charge is 0.248 e. The lowest BCUT2D eigenvalue weighted by Crippen LogP contribution is -2.03. The Morgan fingerprint density at radius 3 is 2.50 bits per heavy atom. The lowest BCUT2D eigenvalue weighted by atomic mass is 10.1. The van der Waals surface area contributed by atoms with Gasteiger partial charge in [0.2, 0.25) is 0 Å². The molecule has 0 aliphatic heterocycles. The zero-order chi connectivity index (χ0) is 14.7. The fourth-order valence-electron chi connectivity index (χ4n) is 2.10. The number of aromatic nitrogens is 2. The Morgan fingerprint density at radius 1 is 1.30 bits per heavy atom. The standard InChI is InChI=1S/C16H18ClN3/c1-11(2)8-15-14(9-18)16(17)20(19-15)10-13-6-4-12(3)5-7-13/h4-7,11H,8,10H2,1-3H3. The highest BCUT2D eigenvalue weighted by Gasteiger charge is 2.17. The highest BCUT2D eigenvalue weighted by molar-refractivity contribution is 6.30. The van der Waals surface area contributed by atoms with E-state index in [1.54, 1.807) is 4.68 Å². The van der Waals surface area contributed by atoms with E-state index in [1.165, 1.54) is 5.56 Å². The molecule has 0 bridgehead atoms. The summed E-state index contributed by atoms with van der Waals surface area (Å²) in [5, 5.41) is 14.2. The Bertz CT molecular complexity index is 633. The van der Waals surface area contributed by atoms with Gasteiger partial charge in [-0.2, -0.15) is 10.4 Å². The maximum absolute atomic E-state index is 9.24. The summed E-state index contributed by atoms with van der Waals surface area (Å²) < 4.78 is 1.71. The van der Waals surface area contributed by atoms with Crippen molar-refractivity contribution in [2.75, 3.05) is 0 Å². The minimum absolute atomic E-state index is 0.434. The lowest BCUT2D eigenvalue weighted by Gasteiger charge is -2.04. The van der Waals surface area contributed by atoms with Crippen molar-refractivity contribution in [3.8, 4) is 6.07 Å². The number of benzene rings is 1. The third-order valence-corrected chi connectivity index (χ3v) is 3.51. The van der Waals surface area contributed by atoms with Crippen LogP contribution in [0.4, 0.5) is 0 Å². The van der Waals surface area contributed by atoms with Crippen LogP contribution in [0.25, 0.3) is 0 Å². The number of hydrogen-bond acceptors (Lipinski definition) is 2. The molecule has 0 radical (unpaired) electrons. The summed E-state index contributed by atoms with van der Waals surface area (Å²) in [6.45, 7) is 6.85. The van der Waals surface area contributed by atoms with E-state index in [4.69, 9.17) is 11.6 Å². The molecule has 104 valence electrons. The van der Waals surface area contributed by atoms with Gasteiger partial charge in [0.05, 0.1) is 12.2 Å². The van der Waals surface area contributed by atoms with Gasteiger partial charge in [-0.3, -0.25) is 0 Å². The van der Waals surface area contributed by atoms with Crippen LogP contribution in [0.2, 0.25) is 5.15 Å². The van der Waals surface area contributed by atoms with Crippen LogP contribution in [0.15, 0.2) is 24.3 Å². The SMILES string of the molecule is Cc1ccc(Cn2nc(CC(C)C)c(C#N)c2Cl)cc1. The van der Waals surface area contributed by atoms with Gasteiger partial charge in [0, 0.05) is 0 Å². The Balaban J connectivity index is 2.30. The molecule has 1 aromatic heterocycles. The summed E-state index contributed by atoms with van der Waals surface area (Å²) in [5.41, 5.74) is 3.64. The fourth-order valence-corrected chi connectivity index (χ4v) is 2.35. The molecule has 0 atom stereocenters. The number of nitriles is 1. The van der Waals surface area contributed by atoms with Crippen LogP contribution in [-0.4, -0.2) is 9.78 Å². The first-order valence-corrected chi connectivity index (χ1v) is 7.10. The van der Waals surface area contributed by atoms with Crippen LogP contribution in [0.5, 0.6) is 0 Å². The molecule has 4 heteroatoms. The van der Waals surface area contributed by atoms with Crippen molar-refractivity contribution < 1.29 is 0 Å². The average Bonchev–Trinajstić information content (AvgIpc) is 2.67. The summed E-state index contributed by atoms with van der Waals surface area (Å²) in [4.78, 5) is 0. The lowest BCUT2D eigenvalue weighted by molar-refractivity contribution is 0.608. The Labute approximate surface area is 124 Å². The molecule has 0 amide bonds. The van der Waals surface area contributed by atoms with Crippen molar-refractivity contribution in [3.63, 3.8) is 0 Å². The molecule has 0 aliphatic rings. The second kappa shape index (κ2) is 6.11. The first-order valence-electron chi connectivity index (χ1n) is 6.72. The third-order valence-electron chi connectivity index (χ3n) is 3.13. The van der Waals surface area contributed by atoms with Crippen LogP contribution >= 0.6 is 11.6 Å². The molecule has 1 aromatic carbocycles. The van der Waals surface area contributed by atoms with Gasteiger partial charge in [-0.15, -0.1) is 0 Å². The van der Waals surface area contributed by atoms with E-state index in [-0.39, 0.29) is 0 Å². The van der Waals surface area contributed by atoms with Crippen molar-refractivity contribution in [1.29, 1.82) is 5.26 Å². The van der Waals surface area contributed by atoms with Crippen molar-refractivity contribution >= 4 is 11.6 Å². The second-order valence-electron chi connectivity index (χ2n) is 5.47. The van der Waals surface area contributed by atoms with Crippen molar-refractivity contribution in [1.82, 2.24) is 9.78 Å². The zero-order valence-electron chi connectivity index (χ0n) is 12.0. The van der Waals surface area contributed by atoms with Gasteiger partial charge in [0.15, 0.2) is 0 Å². The van der Waals surface area contributed by atoms with Gasteiger partial charge < -0.3 is 0 Å². The monoisotopic (exact) mass is 287 g/mol. The molecule has 2 rings (SSSR count). The van der Waals surface area contributed by atoms with Gasteiger partial charge in [-0.1, -0.05) is 55.3 Å². The molecule has 0 aliphatic carbocycles. The van der Waals surface area contributed by atoms with Crippen LogP contribution in [-0.2, 0) is 13.0 Å². The molecule has 0 fully saturated rings. The van der Waals surface area contributed by atoms with Gasteiger partial charge >= 0.3 is 0 Å². The first-order chi connectivity index (χ1) is 9.51. The highest BCUT2D eigenvalue weighted by Crippen LogP contribution is 2.22. The minimum Gasteiger partial charge on any atom is -0.248 e. The topological polar surface area (TPSA) is 41.6 Å². The molecule has 20 heavy (non-hydrogen) atoms. The number of rotatable bonds is 4. The first kappa shape index (κ1) is 14.6. The van der Waals surface area contributed by atoms with E-state index >= 15 is 0 Å². The van der Waals surface area contributed by atoms with Crippen LogP contribution < -0.4 is 0 Å². The summed E-state index contributed by atoms with van der Waals surface area (Å²) >= 11 is 6.27. The number of aryl methyl sites for hydroxylation is 1.